The van der Waals surface area contributed by atoms with Gasteiger partial charge in [0.25, 0.3) is 0 Å². The molecule has 0 aliphatic rings. The van der Waals surface area contributed by atoms with Crippen molar-refractivity contribution < 1.29 is 0 Å². The Morgan fingerprint density at radius 2 is 1.38 bits per heavy atom. The molecule has 4 nitrogen and oxygen atoms in total. The van der Waals surface area contributed by atoms with Crippen LogP contribution >= 0.6 is 0 Å². The molecule has 0 rings (SSSR count). The molecule has 1 unspecified atom stereocenters. The molecule has 0 amide bonds. The topological polar surface area (TPSA) is 104 Å². The van der Waals surface area contributed by atoms with Crippen LogP contribution in [0.2, 0.25) is 0 Å². The van der Waals surface area contributed by atoms with Crippen LogP contribution in [0.1, 0.15) is 39.0 Å². The maximum atomic E-state index is 5.54. The Morgan fingerprint density at radius 3 is 1.85 bits per heavy atom. The van der Waals surface area contributed by atoms with E-state index in [1.165, 1.54) is 12.8 Å². The van der Waals surface area contributed by atoms with Crippen LogP contribution in [-0.2, 0) is 0 Å². The first kappa shape index (κ1) is 12.8. The van der Waals surface area contributed by atoms with Crippen LogP contribution in [0.4, 0.5) is 0 Å². The third-order valence-corrected chi connectivity index (χ3v) is 2.35. The standard InChI is InChI=1S/C9H24N4/c1-7(9(12)13)5-3-2-4-6-8(10)11/h7-9H,2-6,10-13H2,1H3. The van der Waals surface area contributed by atoms with Gasteiger partial charge in [0, 0.05) is 0 Å². The first-order valence-corrected chi connectivity index (χ1v) is 5.06. The molecule has 0 aliphatic carbocycles. The minimum atomic E-state index is -0.184. The average molecular weight is 188 g/mol. The van der Waals surface area contributed by atoms with E-state index in [1.54, 1.807) is 0 Å². The molecule has 0 heterocycles. The van der Waals surface area contributed by atoms with Crippen molar-refractivity contribution in [3.05, 3.63) is 0 Å². The lowest BCUT2D eigenvalue weighted by molar-refractivity contribution is 0.410. The summed E-state index contributed by atoms with van der Waals surface area (Å²) in [4.78, 5) is 0. The number of nitrogens with two attached hydrogens (primary N) is 4. The molecular formula is C9H24N4. The molecule has 0 aromatic carbocycles. The largest absolute Gasteiger partial charge is 0.316 e. The van der Waals surface area contributed by atoms with E-state index in [1.807, 2.05) is 0 Å². The van der Waals surface area contributed by atoms with Crippen molar-refractivity contribution in [1.29, 1.82) is 0 Å². The number of hydrogen-bond donors (Lipinski definition) is 4. The van der Waals surface area contributed by atoms with E-state index in [4.69, 9.17) is 22.9 Å². The van der Waals surface area contributed by atoms with E-state index in [0.717, 1.165) is 19.3 Å². The minimum Gasteiger partial charge on any atom is -0.316 e. The van der Waals surface area contributed by atoms with Crippen molar-refractivity contribution in [2.24, 2.45) is 28.9 Å². The molecule has 0 radical (unpaired) electrons. The van der Waals surface area contributed by atoms with Gasteiger partial charge in [0.05, 0.1) is 12.3 Å². The highest BCUT2D eigenvalue weighted by Gasteiger charge is 2.06. The molecule has 0 saturated heterocycles. The van der Waals surface area contributed by atoms with Crippen molar-refractivity contribution in [3.63, 3.8) is 0 Å². The predicted octanol–water partition coefficient (Wildman–Crippen LogP) is 0.0600. The quantitative estimate of drug-likeness (QED) is 0.335. The van der Waals surface area contributed by atoms with Crippen molar-refractivity contribution in [2.45, 2.75) is 51.4 Å². The molecule has 0 fully saturated rings. The fraction of sp³-hybridized carbons (Fsp3) is 1.00. The molecule has 80 valence electrons. The van der Waals surface area contributed by atoms with Crippen LogP contribution in [0.25, 0.3) is 0 Å². The van der Waals surface area contributed by atoms with Gasteiger partial charge >= 0.3 is 0 Å². The molecule has 0 bridgehead atoms. The van der Waals surface area contributed by atoms with Crippen molar-refractivity contribution in [3.8, 4) is 0 Å². The van der Waals surface area contributed by atoms with Gasteiger partial charge in [-0.3, -0.25) is 0 Å². The molecule has 8 N–H and O–H groups in total. The van der Waals surface area contributed by atoms with Gasteiger partial charge in [-0.2, -0.15) is 0 Å². The van der Waals surface area contributed by atoms with Gasteiger partial charge in [-0.1, -0.05) is 26.2 Å². The minimum absolute atomic E-state index is 0.158. The molecular weight excluding hydrogens is 164 g/mol. The van der Waals surface area contributed by atoms with Crippen molar-refractivity contribution in [2.75, 3.05) is 0 Å². The summed E-state index contributed by atoms with van der Waals surface area (Å²) in [6.07, 6.45) is 5.09. The summed E-state index contributed by atoms with van der Waals surface area (Å²) in [5.74, 6) is 0.409. The van der Waals surface area contributed by atoms with Gasteiger partial charge in [0.15, 0.2) is 0 Å². The van der Waals surface area contributed by atoms with E-state index in [9.17, 15) is 0 Å². The summed E-state index contributed by atoms with van der Waals surface area (Å²) in [6, 6.07) is 0. The average Bonchev–Trinajstić information content (AvgIpc) is 2.02. The lowest BCUT2D eigenvalue weighted by Gasteiger charge is -2.14. The number of unbranched alkanes of at least 4 members (excludes halogenated alkanes) is 2. The fourth-order valence-electron chi connectivity index (χ4n) is 1.22. The number of rotatable bonds is 7. The maximum Gasteiger partial charge on any atom is 0.0547 e. The molecule has 0 saturated carbocycles. The zero-order valence-electron chi connectivity index (χ0n) is 8.58. The molecule has 0 spiro atoms. The smallest absolute Gasteiger partial charge is 0.0547 e. The fourth-order valence-corrected chi connectivity index (χ4v) is 1.22. The highest BCUT2D eigenvalue weighted by atomic mass is 14.9. The van der Waals surface area contributed by atoms with Crippen LogP contribution in [0.15, 0.2) is 0 Å². The van der Waals surface area contributed by atoms with E-state index in [-0.39, 0.29) is 12.3 Å². The lowest BCUT2D eigenvalue weighted by Crippen LogP contribution is -2.37. The van der Waals surface area contributed by atoms with E-state index in [2.05, 4.69) is 6.92 Å². The summed E-state index contributed by atoms with van der Waals surface area (Å²) in [5.41, 5.74) is 21.9. The Morgan fingerprint density at radius 1 is 0.846 bits per heavy atom. The summed E-state index contributed by atoms with van der Waals surface area (Å²) in [5, 5.41) is 0. The Hall–Kier alpha value is -0.160. The van der Waals surface area contributed by atoms with E-state index < -0.39 is 0 Å². The van der Waals surface area contributed by atoms with Crippen LogP contribution in [-0.4, -0.2) is 12.3 Å². The molecule has 0 aromatic heterocycles. The zero-order chi connectivity index (χ0) is 10.3. The zero-order valence-corrected chi connectivity index (χ0v) is 8.58. The Labute approximate surface area is 81.0 Å². The summed E-state index contributed by atoms with van der Waals surface area (Å²) < 4.78 is 0. The molecule has 1 atom stereocenters. The van der Waals surface area contributed by atoms with E-state index >= 15 is 0 Å². The normalized spacial score (nSPS) is 14.1. The second-order valence-corrected chi connectivity index (χ2v) is 3.86. The van der Waals surface area contributed by atoms with E-state index in [0.29, 0.717) is 5.92 Å². The third-order valence-electron chi connectivity index (χ3n) is 2.35. The second-order valence-electron chi connectivity index (χ2n) is 3.86. The van der Waals surface area contributed by atoms with Gasteiger partial charge in [0.1, 0.15) is 0 Å². The Balaban J connectivity index is 3.16. The van der Waals surface area contributed by atoms with Crippen LogP contribution in [0.3, 0.4) is 0 Å². The van der Waals surface area contributed by atoms with Crippen molar-refractivity contribution >= 4 is 0 Å². The highest BCUT2D eigenvalue weighted by Crippen LogP contribution is 2.10. The first-order chi connectivity index (χ1) is 6.04. The summed E-state index contributed by atoms with van der Waals surface area (Å²) in [6.45, 7) is 2.08. The van der Waals surface area contributed by atoms with Crippen LogP contribution < -0.4 is 22.9 Å². The SMILES string of the molecule is CC(CCCCCC(N)N)C(N)N. The van der Waals surface area contributed by atoms with Gasteiger partial charge in [-0.25, -0.2) is 0 Å². The maximum absolute atomic E-state index is 5.54. The van der Waals surface area contributed by atoms with Crippen LogP contribution in [0, 0.1) is 5.92 Å². The second kappa shape index (κ2) is 7.26. The Bertz CT molecular complexity index is 114. The van der Waals surface area contributed by atoms with Gasteiger partial charge in [-0.05, 0) is 18.8 Å². The molecule has 0 aromatic rings. The van der Waals surface area contributed by atoms with Gasteiger partial charge < -0.3 is 22.9 Å². The third kappa shape index (κ3) is 8.18. The Kier molecular flexibility index (Phi) is 7.17. The monoisotopic (exact) mass is 188 g/mol. The van der Waals surface area contributed by atoms with Crippen molar-refractivity contribution in [1.82, 2.24) is 0 Å². The van der Waals surface area contributed by atoms with Gasteiger partial charge in [0.2, 0.25) is 0 Å². The number of hydrogen-bond acceptors (Lipinski definition) is 4. The van der Waals surface area contributed by atoms with Crippen LogP contribution in [0.5, 0.6) is 0 Å². The lowest BCUT2D eigenvalue weighted by atomic mass is 10.0. The highest BCUT2D eigenvalue weighted by molar-refractivity contribution is 4.62. The van der Waals surface area contributed by atoms with Gasteiger partial charge in [-0.15, -0.1) is 0 Å². The summed E-state index contributed by atoms with van der Waals surface area (Å²) >= 11 is 0. The summed E-state index contributed by atoms with van der Waals surface area (Å²) in [7, 11) is 0. The molecule has 0 aliphatic heterocycles. The predicted molar refractivity (Wildman–Crippen MR) is 56.6 cm³/mol. The first-order valence-electron chi connectivity index (χ1n) is 5.06. The molecule has 4 heteroatoms. The molecule has 13 heavy (non-hydrogen) atoms.